The van der Waals surface area contributed by atoms with E-state index in [0.29, 0.717) is 11.4 Å². The van der Waals surface area contributed by atoms with Crippen molar-refractivity contribution in [3.05, 3.63) is 41.7 Å². The van der Waals surface area contributed by atoms with Gasteiger partial charge in [-0.1, -0.05) is 0 Å². The number of likely N-dealkylation sites (N-methyl/N-ethyl adjacent to an activating group) is 1. The van der Waals surface area contributed by atoms with Gasteiger partial charge in [0.25, 0.3) is 0 Å². The third kappa shape index (κ3) is 4.80. The van der Waals surface area contributed by atoms with E-state index < -0.39 is 12.0 Å². The van der Waals surface area contributed by atoms with Crippen LogP contribution in [0.3, 0.4) is 0 Å². The van der Waals surface area contributed by atoms with Crippen molar-refractivity contribution in [2.24, 2.45) is 7.05 Å². The molecular formula is C17H22N4O4. The van der Waals surface area contributed by atoms with E-state index in [-0.39, 0.29) is 12.5 Å². The number of carbonyl (C=O) groups is 2. The van der Waals surface area contributed by atoms with Crippen LogP contribution in [0.4, 0.5) is 5.69 Å². The van der Waals surface area contributed by atoms with Gasteiger partial charge >= 0.3 is 5.97 Å². The van der Waals surface area contributed by atoms with E-state index >= 15 is 0 Å². The number of amides is 1. The first-order chi connectivity index (χ1) is 11.9. The van der Waals surface area contributed by atoms with Crippen LogP contribution < -0.4 is 15.4 Å². The zero-order valence-corrected chi connectivity index (χ0v) is 14.7. The lowest BCUT2D eigenvalue weighted by molar-refractivity contribution is -0.142. The van der Waals surface area contributed by atoms with E-state index in [9.17, 15) is 9.59 Å². The lowest BCUT2D eigenvalue weighted by atomic mass is 10.1. The van der Waals surface area contributed by atoms with Crippen molar-refractivity contribution in [3.8, 4) is 5.75 Å². The molecule has 25 heavy (non-hydrogen) atoms. The summed E-state index contributed by atoms with van der Waals surface area (Å²) < 4.78 is 11.5. The number of anilines is 1. The Bertz CT molecular complexity index is 757. The Balaban J connectivity index is 2.06. The standard InChI is InChI=1S/C17H22N4O4/c1-11-7-13(25-10-15(22)24-4)5-6-14(11)20-17(23)16(18-2)12-8-19-21(3)9-12/h5-9,16,18H,10H2,1-4H3,(H,20,23). The summed E-state index contributed by atoms with van der Waals surface area (Å²) in [4.78, 5) is 23.7. The van der Waals surface area contributed by atoms with Crippen LogP contribution in [0, 0.1) is 6.92 Å². The van der Waals surface area contributed by atoms with Crippen LogP contribution in [0.5, 0.6) is 5.75 Å². The third-order valence-electron chi connectivity index (χ3n) is 3.65. The molecule has 0 fully saturated rings. The lowest BCUT2D eigenvalue weighted by Crippen LogP contribution is -2.30. The molecule has 1 aromatic heterocycles. The van der Waals surface area contributed by atoms with E-state index in [1.54, 1.807) is 49.4 Å². The maximum atomic E-state index is 12.5. The number of nitrogens with one attached hydrogen (secondary N) is 2. The van der Waals surface area contributed by atoms with Gasteiger partial charge in [0.15, 0.2) is 6.61 Å². The molecule has 2 N–H and O–H groups in total. The molecule has 1 unspecified atom stereocenters. The molecular weight excluding hydrogens is 324 g/mol. The molecule has 0 aliphatic heterocycles. The molecule has 2 rings (SSSR count). The fraction of sp³-hybridized carbons (Fsp3) is 0.353. The van der Waals surface area contributed by atoms with Crippen LogP contribution in [-0.2, 0) is 21.4 Å². The number of aromatic nitrogens is 2. The van der Waals surface area contributed by atoms with Gasteiger partial charge in [0.1, 0.15) is 11.8 Å². The Morgan fingerprint density at radius 3 is 2.68 bits per heavy atom. The summed E-state index contributed by atoms with van der Waals surface area (Å²) in [5, 5.41) is 9.95. The molecule has 8 heteroatoms. The van der Waals surface area contributed by atoms with Crippen LogP contribution in [-0.4, -0.2) is 42.4 Å². The highest BCUT2D eigenvalue weighted by Crippen LogP contribution is 2.23. The first-order valence-corrected chi connectivity index (χ1v) is 7.71. The molecule has 0 spiro atoms. The summed E-state index contributed by atoms with van der Waals surface area (Å²) in [6, 6.07) is 4.65. The topological polar surface area (TPSA) is 94.5 Å². The van der Waals surface area contributed by atoms with Crippen molar-refractivity contribution in [1.82, 2.24) is 15.1 Å². The zero-order valence-electron chi connectivity index (χ0n) is 14.7. The predicted molar refractivity (Wildman–Crippen MR) is 92.3 cm³/mol. The first kappa shape index (κ1) is 18.5. The molecule has 1 atom stereocenters. The average molecular weight is 346 g/mol. The predicted octanol–water partition coefficient (Wildman–Crippen LogP) is 1.18. The minimum atomic E-state index is -0.511. The Labute approximate surface area is 146 Å². The van der Waals surface area contributed by atoms with Crippen molar-refractivity contribution in [1.29, 1.82) is 0 Å². The average Bonchev–Trinajstić information content (AvgIpc) is 3.01. The van der Waals surface area contributed by atoms with E-state index in [0.717, 1.165) is 11.1 Å². The second kappa shape index (κ2) is 8.29. The highest BCUT2D eigenvalue weighted by Gasteiger charge is 2.20. The van der Waals surface area contributed by atoms with Crippen LogP contribution in [0.15, 0.2) is 30.6 Å². The number of carbonyl (C=O) groups excluding carboxylic acids is 2. The van der Waals surface area contributed by atoms with Crippen LogP contribution in [0.25, 0.3) is 0 Å². The van der Waals surface area contributed by atoms with E-state index in [1.165, 1.54) is 7.11 Å². The summed E-state index contributed by atoms with van der Waals surface area (Å²) in [5.41, 5.74) is 2.26. The monoisotopic (exact) mass is 346 g/mol. The molecule has 0 saturated carbocycles. The number of ether oxygens (including phenoxy) is 2. The van der Waals surface area contributed by atoms with E-state index in [4.69, 9.17) is 4.74 Å². The Kier molecular flexibility index (Phi) is 6.13. The normalized spacial score (nSPS) is 11.7. The number of aryl methyl sites for hydroxylation is 2. The molecule has 0 bridgehead atoms. The van der Waals surface area contributed by atoms with E-state index in [2.05, 4.69) is 20.5 Å². The molecule has 0 aliphatic carbocycles. The summed E-state index contributed by atoms with van der Waals surface area (Å²) in [7, 11) is 4.81. The van der Waals surface area contributed by atoms with Gasteiger partial charge < -0.3 is 20.1 Å². The summed E-state index contributed by atoms with van der Waals surface area (Å²) >= 11 is 0. The summed E-state index contributed by atoms with van der Waals surface area (Å²) in [6.45, 7) is 1.68. The van der Waals surface area contributed by atoms with Crippen LogP contribution in [0.2, 0.25) is 0 Å². The van der Waals surface area contributed by atoms with Gasteiger partial charge in [0.05, 0.1) is 13.3 Å². The molecule has 134 valence electrons. The molecule has 1 amide bonds. The molecule has 2 aromatic rings. The molecule has 8 nitrogen and oxygen atoms in total. The van der Waals surface area contributed by atoms with Gasteiger partial charge in [-0.25, -0.2) is 4.79 Å². The molecule has 1 heterocycles. The summed E-state index contributed by atoms with van der Waals surface area (Å²) in [6.07, 6.45) is 3.44. The molecule has 0 radical (unpaired) electrons. The number of nitrogens with zero attached hydrogens (tertiary/aromatic N) is 2. The smallest absolute Gasteiger partial charge is 0.343 e. The fourth-order valence-electron chi connectivity index (χ4n) is 2.31. The van der Waals surface area contributed by atoms with Crippen molar-refractivity contribution < 1.29 is 19.1 Å². The lowest BCUT2D eigenvalue weighted by Gasteiger charge is -2.16. The number of esters is 1. The SMILES string of the molecule is CNC(C(=O)Nc1ccc(OCC(=O)OC)cc1C)c1cnn(C)c1. The second-order valence-electron chi connectivity index (χ2n) is 5.50. The van der Waals surface area contributed by atoms with Crippen molar-refractivity contribution in [3.63, 3.8) is 0 Å². The van der Waals surface area contributed by atoms with Crippen LogP contribution in [0.1, 0.15) is 17.2 Å². The number of hydrogen-bond acceptors (Lipinski definition) is 6. The van der Waals surface area contributed by atoms with Gasteiger partial charge in [-0.3, -0.25) is 9.48 Å². The number of methoxy groups -OCH3 is 1. The van der Waals surface area contributed by atoms with Crippen LogP contribution >= 0.6 is 0 Å². The molecule has 0 aliphatic rings. The quantitative estimate of drug-likeness (QED) is 0.731. The number of benzene rings is 1. The highest BCUT2D eigenvalue weighted by molar-refractivity contribution is 5.96. The van der Waals surface area contributed by atoms with Gasteiger partial charge in [0, 0.05) is 24.5 Å². The largest absolute Gasteiger partial charge is 0.482 e. The number of hydrogen-bond donors (Lipinski definition) is 2. The number of rotatable bonds is 7. The molecule has 1 aromatic carbocycles. The van der Waals surface area contributed by atoms with E-state index in [1.807, 2.05) is 6.92 Å². The fourth-order valence-corrected chi connectivity index (χ4v) is 2.31. The van der Waals surface area contributed by atoms with Gasteiger partial charge in [-0.15, -0.1) is 0 Å². The van der Waals surface area contributed by atoms with Gasteiger partial charge in [0.2, 0.25) is 5.91 Å². The highest BCUT2D eigenvalue weighted by atomic mass is 16.6. The van der Waals surface area contributed by atoms with Gasteiger partial charge in [-0.05, 0) is 37.7 Å². The Morgan fingerprint density at radius 1 is 1.36 bits per heavy atom. The van der Waals surface area contributed by atoms with Gasteiger partial charge in [-0.2, -0.15) is 5.10 Å². The second-order valence-corrected chi connectivity index (χ2v) is 5.50. The third-order valence-corrected chi connectivity index (χ3v) is 3.65. The van der Waals surface area contributed by atoms with Crippen molar-refractivity contribution in [2.75, 3.05) is 26.1 Å². The first-order valence-electron chi connectivity index (χ1n) is 7.71. The van der Waals surface area contributed by atoms with Crippen molar-refractivity contribution >= 4 is 17.6 Å². The Morgan fingerprint density at radius 2 is 2.12 bits per heavy atom. The minimum absolute atomic E-state index is 0.162. The minimum Gasteiger partial charge on any atom is -0.482 e. The summed E-state index contributed by atoms with van der Waals surface area (Å²) in [5.74, 6) is -0.122. The van der Waals surface area contributed by atoms with Crippen molar-refractivity contribution in [2.45, 2.75) is 13.0 Å². The Hall–Kier alpha value is -2.87. The maximum Gasteiger partial charge on any atom is 0.343 e. The maximum absolute atomic E-state index is 12.5. The zero-order chi connectivity index (χ0) is 18.4. The molecule has 0 saturated heterocycles.